The first-order chi connectivity index (χ1) is 15.6. The number of carbonyl (C=O) groups is 3. The van der Waals surface area contributed by atoms with Crippen LogP contribution in [-0.4, -0.2) is 36.2 Å². The quantitative estimate of drug-likeness (QED) is 0.205. The number of amides is 2. The molecule has 0 bridgehead atoms. The minimum atomic E-state index is -0.156. The lowest BCUT2D eigenvalue weighted by molar-refractivity contribution is 0.0651. The number of ether oxygens (including phenoxy) is 1. The van der Waals surface area contributed by atoms with E-state index in [0.717, 1.165) is 49.8 Å². The number of unbranched alkanes of at least 4 members (excludes halogenated alkanes) is 8. The van der Waals surface area contributed by atoms with E-state index in [-0.39, 0.29) is 17.6 Å². The molecule has 5 heteroatoms. The van der Waals surface area contributed by atoms with Gasteiger partial charge in [0.15, 0.2) is 5.78 Å². The first-order valence-electron chi connectivity index (χ1n) is 11.7. The van der Waals surface area contributed by atoms with E-state index < -0.39 is 0 Å². The van der Waals surface area contributed by atoms with E-state index in [1.807, 2.05) is 24.3 Å². The molecule has 2 amide bonds. The molecule has 1 aliphatic heterocycles. The number of benzene rings is 2. The van der Waals surface area contributed by atoms with Gasteiger partial charge in [0.1, 0.15) is 5.75 Å². The third-order valence-corrected chi connectivity index (χ3v) is 6.08. The smallest absolute Gasteiger partial charge is 0.261 e. The van der Waals surface area contributed by atoms with Crippen LogP contribution in [0.4, 0.5) is 0 Å². The topological polar surface area (TPSA) is 63.7 Å². The molecule has 0 saturated carbocycles. The molecule has 170 valence electrons. The van der Waals surface area contributed by atoms with E-state index in [2.05, 4.69) is 0 Å². The van der Waals surface area contributed by atoms with Gasteiger partial charge in [-0.25, -0.2) is 0 Å². The highest BCUT2D eigenvalue weighted by atomic mass is 16.5. The van der Waals surface area contributed by atoms with Crippen molar-refractivity contribution in [1.82, 2.24) is 4.90 Å². The number of ketones is 1. The standard InChI is InChI=1S/C27H33NO4/c1-32-22-18-16-21(17-19-22)25(29)15-9-7-5-3-2-4-6-8-12-20-28-26(30)23-13-10-11-14-24(23)27(28)31/h10-11,13-14,16-19H,2-9,12,15,20H2,1H3. The van der Waals surface area contributed by atoms with Gasteiger partial charge in [0.05, 0.1) is 18.2 Å². The fraction of sp³-hybridized carbons (Fsp3) is 0.444. The van der Waals surface area contributed by atoms with Crippen LogP contribution in [0.15, 0.2) is 48.5 Å². The molecule has 1 heterocycles. The minimum Gasteiger partial charge on any atom is -0.497 e. The molecule has 1 aliphatic rings. The zero-order chi connectivity index (χ0) is 22.8. The SMILES string of the molecule is COc1ccc(C(=O)CCCCCCCCCCCN2C(=O)c3ccccc3C2=O)cc1. The number of Topliss-reactive ketones (excluding diaryl/α,β-unsaturated/α-hetero) is 1. The zero-order valence-corrected chi connectivity index (χ0v) is 19.0. The second-order valence-corrected chi connectivity index (χ2v) is 8.39. The molecule has 3 rings (SSSR count). The molecular formula is C27H33NO4. The first kappa shape index (κ1) is 23.7. The van der Waals surface area contributed by atoms with Crippen LogP contribution in [0, 0.1) is 0 Å². The Morgan fingerprint density at radius 2 is 1.22 bits per heavy atom. The molecule has 5 nitrogen and oxygen atoms in total. The Labute approximate surface area is 190 Å². The van der Waals surface area contributed by atoms with Crippen LogP contribution in [0.1, 0.15) is 95.3 Å². The van der Waals surface area contributed by atoms with E-state index in [4.69, 9.17) is 4.74 Å². The largest absolute Gasteiger partial charge is 0.497 e. The molecule has 0 saturated heterocycles. The highest BCUT2D eigenvalue weighted by molar-refractivity contribution is 6.21. The molecule has 32 heavy (non-hydrogen) atoms. The molecule has 0 fully saturated rings. The van der Waals surface area contributed by atoms with Gasteiger partial charge in [-0.05, 0) is 49.2 Å². The van der Waals surface area contributed by atoms with Gasteiger partial charge in [0.25, 0.3) is 11.8 Å². The van der Waals surface area contributed by atoms with Crippen LogP contribution in [0.5, 0.6) is 5.75 Å². The van der Waals surface area contributed by atoms with Gasteiger partial charge in [0.2, 0.25) is 0 Å². The number of nitrogens with zero attached hydrogens (tertiary/aromatic N) is 1. The van der Waals surface area contributed by atoms with Crippen LogP contribution < -0.4 is 4.74 Å². The summed E-state index contributed by atoms with van der Waals surface area (Å²) < 4.78 is 5.12. The molecule has 0 aromatic heterocycles. The van der Waals surface area contributed by atoms with E-state index in [1.165, 1.54) is 24.2 Å². The van der Waals surface area contributed by atoms with Crippen molar-refractivity contribution in [3.8, 4) is 5.75 Å². The summed E-state index contributed by atoms with van der Waals surface area (Å²) in [6.07, 6.45) is 10.4. The number of carbonyl (C=O) groups excluding carboxylic acids is 3. The van der Waals surface area contributed by atoms with Crippen molar-refractivity contribution in [2.45, 2.75) is 64.2 Å². The summed E-state index contributed by atoms with van der Waals surface area (Å²) in [4.78, 5) is 38.2. The fourth-order valence-electron chi connectivity index (χ4n) is 4.16. The van der Waals surface area contributed by atoms with Gasteiger partial charge < -0.3 is 4.74 Å². The fourth-order valence-corrected chi connectivity index (χ4v) is 4.16. The summed E-state index contributed by atoms with van der Waals surface area (Å²) in [6.45, 7) is 0.509. The normalized spacial score (nSPS) is 12.8. The second kappa shape index (κ2) is 12.2. The third-order valence-electron chi connectivity index (χ3n) is 6.08. The molecule has 0 unspecified atom stereocenters. The van der Waals surface area contributed by atoms with Crippen molar-refractivity contribution in [2.24, 2.45) is 0 Å². The summed E-state index contributed by atoms with van der Waals surface area (Å²) >= 11 is 0. The van der Waals surface area contributed by atoms with Crippen molar-refractivity contribution in [3.05, 3.63) is 65.2 Å². The van der Waals surface area contributed by atoms with Gasteiger partial charge in [-0.3, -0.25) is 19.3 Å². The Morgan fingerprint density at radius 3 is 1.75 bits per heavy atom. The summed E-state index contributed by atoms with van der Waals surface area (Å²) in [5, 5.41) is 0. The van der Waals surface area contributed by atoms with Gasteiger partial charge in [-0.15, -0.1) is 0 Å². The van der Waals surface area contributed by atoms with Crippen LogP contribution in [0.3, 0.4) is 0 Å². The average molecular weight is 436 g/mol. The molecule has 0 aliphatic carbocycles. The molecule has 2 aromatic rings. The minimum absolute atomic E-state index is 0.156. The summed E-state index contributed by atoms with van der Waals surface area (Å²) in [5.74, 6) is 0.656. The van der Waals surface area contributed by atoms with E-state index in [1.54, 1.807) is 31.4 Å². The van der Waals surface area contributed by atoms with Gasteiger partial charge >= 0.3 is 0 Å². The summed E-state index contributed by atoms with van der Waals surface area (Å²) in [5.41, 5.74) is 1.82. The van der Waals surface area contributed by atoms with Gasteiger partial charge in [-0.1, -0.05) is 57.1 Å². The molecule has 2 aromatic carbocycles. The maximum Gasteiger partial charge on any atom is 0.261 e. The highest BCUT2D eigenvalue weighted by Crippen LogP contribution is 2.23. The van der Waals surface area contributed by atoms with E-state index >= 15 is 0 Å². The Balaban J connectivity index is 1.18. The number of imide groups is 1. The summed E-state index contributed by atoms with van der Waals surface area (Å²) in [7, 11) is 1.62. The monoisotopic (exact) mass is 435 g/mol. The number of methoxy groups -OCH3 is 1. The molecular weight excluding hydrogens is 402 g/mol. The lowest BCUT2D eigenvalue weighted by Crippen LogP contribution is -2.30. The predicted octanol–water partition coefficient (Wildman–Crippen LogP) is 6.08. The Morgan fingerprint density at radius 1 is 0.719 bits per heavy atom. The highest BCUT2D eigenvalue weighted by Gasteiger charge is 2.34. The third kappa shape index (κ3) is 6.28. The maximum atomic E-state index is 12.3. The first-order valence-corrected chi connectivity index (χ1v) is 11.7. The van der Waals surface area contributed by atoms with E-state index in [9.17, 15) is 14.4 Å². The lowest BCUT2D eigenvalue weighted by atomic mass is 10.0. The van der Waals surface area contributed by atoms with Crippen molar-refractivity contribution < 1.29 is 19.1 Å². The van der Waals surface area contributed by atoms with Crippen molar-refractivity contribution in [1.29, 1.82) is 0 Å². The average Bonchev–Trinajstić information content (AvgIpc) is 3.07. The van der Waals surface area contributed by atoms with Crippen LogP contribution in [0.2, 0.25) is 0 Å². The zero-order valence-electron chi connectivity index (χ0n) is 19.0. The number of hydrogen-bond donors (Lipinski definition) is 0. The van der Waals surface area contributed by atoms with Crippen LogP contribution >= 0.6 is 0 Å². The predicted molar refractivity (Wildman–Crippen MR) is 125 cm³/mol. The van der Waals surface area contributed by atoms with Crippen molar-refractivity contribution >= 4 is 17.6 Å². The molecule has 0 radical (unpaired) electrons. The van der Waals surface area contributed by atoms with Gasteiger partial charge in [-0.2, -0.15) is 0 Å². The number of rotatable bonds is 14. The number of hydrogen-bond acceptors (Lipinski definition) is 4. The Hall–Kier alpha value is -2.95. The van der Waals surface area contributed by atoms with Crippen molar-refractivity contribution in [2.75, 3.05) is 13.7 Å². The molecule has 0 N–H and O–H groups in total. The number of fused-ring (bicyclic) bond motifs is 1. The molecule has 0 atom stereocenters. The maximum absolute atomic E-state index is 12.3. The van der Waals surface area contributed by atoms with Crippen LogP contribution in [-0.2, 0) is 0 Å². The Kier molecular flexibility index (Phi) is 9.02. The second-order valence-electron chi connectivity index (χ2n) is 8.39. The Bertz CT molecular complexity index is 885. The lowest BCUT2D eigenvalue weighted by Gasteiger charge is -2.13. The molecule has 0 spiro atoms. The summed E-state index contributed by atoms with van der Waals surface area (Å²) in [6, 6.07) is 14.4. The van der Waals surface area contributed by atoms with Crippen LogP contribution in [0.25, 0.3) is 0 Å². The van der Waals surface area contributed by atoms with Gasteiger partial charge in [0, 0.05) is 18.5 Å². The van der Waals surface area contributed by atoms with E-state index in [0.29, 0.717) is 24.1 Å². The van der Waals surface area contributed by atoms with Crippen molar-refractivity contribution in [3.63, 3.8) is 0 Å².